The first-order valence-electron chi connectivity index (χ1n) is 7.91. The molecule has 1 amide bonds. The highest BCUT2D eigenvalue weighted by Crippen LogP contribution is 2.31. The van der Waals surface area contributed by atoms with Gasteiger partial charge in [-0.3, -0.25) is 4.79 Å². The molecule has 3 rings (SSSR count). The maximum absolute atomic E-state index is 12.5. The zero-order valence-corrected chi connectivity index (χ0v) is 14.8. The third-order valence-corrected chi connectivity index (χ3v) is 5.48. The van der Waals surface area contributed by atoms with E-state index in [-0.39, 0.29) is 17.6 Å². The molecule has 0 saturated carbocycles. The maximum atomic E-state index is 12.5. The first-order valence-corrected chi connectivity index (χ1v) is 8.73. The minimum Gasteiger partial charge on any atom is -0.448 e. The van der Waals surface area contributed by atoms with E-state index >= 15 is 0 Å². The fourth-order valence-corrected chi connectivity index (χ4v) is 3.23. The lowest BCUT2D eigenvalue weighted by Gasteiger charge is -2.33. The van der Waals surface area contributed by atoms with Crippen molar-refractivity contribution < 1.29 is 9.21 Å². The zero-order valence-electron chi connectivity index (χ0n) is 14.0. The summed E-state index contributed by atoms with van der Waals surface area (Å²) in [6.45, 7) is 6.36. The molecular formula is C18H21N3O2S. The largest absolute Gasteiger partial charge is 0.448 e. The van der Waals surface area contributed by atoms with Crippen LogP contribution in [0.15, 0.2) is 40.8 Å². The van der Waals surface area contributed by atoms with Crippen molar-refractivity contribution in [1.29, 1.82) is 0 Å². The van der Waals surface area contributed by atoms with Crippen molar-refractivity contribution in [3.63, 3.8) is 0 Å². The van der Waals surface area contributed by atoms with E-state index in [0.717, 1.165) is 15.2 Å². The van der Waals surface area contributed by atoms with Crippen molar-refractivity contribution in [1.82, 2.24) is 10.3 Å². The normalized spacial score (nSPS) is 14.0. The van der Waals surface area contributed by atoms with Gasteiger partial charge in [0.1, 0.15) is 0 Å². The first kappa shape index (κ1) is 16.7. The number of carbonyl (C=O) groups is 1. The highest BCUT2D eigenvalue weighted by Gasteiger charge is 2.30. The van der Waals surface area contributed by atoms with Crippen molar-refractivity contribution in [2.75, 3.05) is 6.54 Å². The minimum absolute atomic E-state index is 0.213. The van der Waals surface area contributed by atoms with Crippen LogP contribution in [0.1, 0.15) is 31.3 Å². The zero-order chi connectivity index (χ0) is 17.3. The summed E-state index contributed by atoms with van der Waals surface area (Å²) in [5.41, 5.74) is 6.27. The molecule has 5 nitrogen and oxygen atoms in total. The SMILES string of the molecule is CC(C)C(C)(CN)NC(=O)c1ccc(-c2nc3ccccc3s2)o1. The lowest BCUT2D eigenvalue weighted by Crippen LogP contribution is -2.54. The molecule has 3 N–H and O–H groups in total. The molecule has 6 heteroatoms. The fraction of sp³-hybridized carbons (Fsp3) is 0.333. The van der Waals surface area contributed by atoms with Gasteiger partial charge in [-0.1, -0.05) is 26.0 Å². The van der Waals surface area contributed by atoms with Crippen LogP contribution in [0.25, 0.3) is 21.0 Å². The second-order valence-electron chi connectivity index (χ2n) is 6.38. The van der Waals surface area contributed by atoms with Crippen LogP contribution >= 0.6 is 11.3 Å². The van der Waals surface area contributed by atoms with Crippen LogP contribution in [-0.4, -0.2) is 23.0 Å². The number of fused-ring (bicyclic) bond motifs is 1. The number of furan rings is 1. The molecule has 1 aromatic carbocycles. The Bertz CT molecular complexity index is 835. The van der Waals surface area contributed by atoms with Gasteiger partial charge in [-0.25, -0.2) is 4.98 Å². The summed E-state index contributed by atoms with van der Waals surface area (Å²) in [6.07, 6.45) is 0. The van der Waals surface area contributed by atoms with E-state index in [1.807, 2.05) is 45.0 Å². The summed E-state index contributed by atoms with van der Waals surface area (Å²) in [7, 11) is 0. The summed E-state index contributed by atoms with van der Waals surface area (Å²) in [5.74, 6) is 0.819. The van der Waals surface area contributed by atoms with Crippen molar-refractivity contribution in [3.05, 3.63) is 42.2 Å². The third-order valence-electron chi connectivity index (χ3n) is 4.43. The number of nitrogens with one attached hydrogen (secondary N) is 1. The summed E-state index contributed by atoms with van der Waals surface area (Å²) in [4.78, 5) is 17.0. The van der Waals surface area contributed by atoms with Crippen LogP contribution in [0.5, 0.6) is 0 Å². The van der Waals surface area contributed by atoms with Gasteiger partial charge in [0.15, 0.2) is 16.5 Å². The monoisotopic (exact) mass is 343 g/mol. The Morgan fingerprint density at radius 3 is 2.75 bits per heavy atom. The average Bonchev–Trinajstić information content (AvgIpc) is 3.20. The van der Waals surface area contributed by atoms with Gasteiger partial charge in [-0.15, -0.1) is 11.3 Å². The number of rotatable bonds is 5. The molecule has 2 aromatic heterocycles. The van der Waals surface area contributed by atoms with Crippen LogP contribution in [0, 0.1) is 5.92 Å². The van der Waals surface area contributed by atoms with Crippen molar-refractivity contribution in [2.24, 2.45) is 11.7 Å². The fourth-order valence-electron chi connectivity index (χ4n) is 2.30. The van der Waals surface area contributed by atoms with Crippen molar-refractivity contribution >= 4 is 27.5 Å². The van der Waals surface area contributed by atoms with E-state index < -0.39 is 5.54 Å². The maximum Gasteiger partial charge on any atom is 0.287 e. The molecule has 126 valence electrons. The highest BCUT2D eigenvalue weighted by molar-refractivity contribution is 7.21. The van der Waals surface area contributed by atoms with E-state index in [9.17, 15) is 4.79 Å². The van der Waals surface area contributed by atoms with Crippen LogP contribution in [-0.2, 0) is 0 Å². The Balaban J connectivity index is 1.83. The second-order valence-corrected chi connectivity index (χ2v) is 7.41. The number of thiazole rings is 1. The van der Waals surface area contributed by atoms with Gasteiger partial charge < -0.3 is 15.5 Å². The van der Waals surface area contributed by atoms with Gasteiger partial charge >= 0.3 is 0 Å². The van der Waals surface area contributed by atoms with Gasteiger partial charge in [-0.05, 0) is 37.1 Å². The lowest BCUT2D eigenvalue weighted by molar-refractivity contribution is 0.0855. The molecule has 1 unspecified atom stereocenters. The molecule has 0 saturated heterocycles. The molecular weight excluding hydrogens is 322 g/mol. The van der Waals surface area contributed by atoms with Gasteiger partial charge in [0, 0.05) is 6.54 Å². The predicted octanol–water partition coefficient (Wildman–Crippen LogP) is 3.66. The van der Waals surface area contributed by atoms with Crippen LogP contribution in [0.4, 0.5) is 0 Å². The quantitative estimate of drug-likeness (QED) is 0.741. The molecule has 0 aliphatic heterocycles. The Hall–Kier alpha value is -2.18. The number of carbonyl (C=O) groups excluding carboxylic acids is 1. The number of nitrogens with zero attached hydrogens (tertiary/aromatic N) is 1. The van der Waals surface area contributed by atoms with E-state index in [2.05, 4.69) is 10.3 Å². The molecule has 0 spiro atoms. The molecule has 1 atom stereocenters. The van der Waals surface area contributed by atoms with E-state index in [1.54, 1.807) is 23.5 Å². The van der Waals surface area contributed by atoms with E-state index in [0.29, 0.717) is 12.3 Å². The molecule has 3 aromatic rings. The minimum atomic E-state index is -0.472. The summed E-state index contributed by atoms with van der Waals surface area (Å²) in [6, 6.07) is 11.4. The third kappa shape index (κ3) is 3.07. The van der Waals surface area contributed by atoms with E-state index in [4.69, 9.17) is 10.2 Å². The van der Waals surface area contributed by atoms with Crippen molar-refractivity contribution in [3.8, 4) is 10.8 Å². The first-order chi connectivity index (χ1) is 11.4. The highest BCUT2D eigenvalue weighted by atomic mass is 32.1. The van der Waals surface area contributed by atoms with Gasteiger partial charge in [0.05, 0.1) is 15.8 Å². The van der Waals surface area contributed by atoms with Gasteiger partial charge in [0.2, 0.25) is 0 Å². The molecule has 0 bridgehead atoms. The molecule has 0 aliphatic carbocycles. The Labute approximate surface area is 144 Å². The number of hydrogen-bond acceptors (Lipinski definition) is 5. The molecule has 0 fully saturated rings. The molecule has 0 radical (unpaired) electrons. The number of amides is 1. The summed E-state index contributed by atoms with van der Waals surface area (Å²) >= 11 is 1.54. The van der Waals surface area contributed by atoms with Crippen LogP contribution < -0.4 is 11.1 Å². The topological polar surface area (TPSA) is 81.1 Å². The number of nitrogens with two attached hydrogens (primary N) is 1. The number of benzene rings is 1. The summed E-state index contributed by atoms with van der Waals surface area (Å²) in [5, 5.41) is 3.74. The predicted molar refractivity (Wildman–Crippen MR) is 97.1 cm³/mol. The lowest BCUT2D eigenvalue weighted by atomic mass is 9.88. The van der Waals surface area contributed by atoms with Gasteiger partial charge in [0.25, 0.3) is 5.91 Å². The smallest absolute Gasteiger partial charge is 0.287 e. The number of aromatic nitrogens is 1. The van der Waals surface area contributed by atoms with Crippen molar-refractivity contribution in [2.45, 2.75) is 26.3 Å². The molecule has 0 aliphatic rings. The molecule has 24 heavy (non-hydrogen) atoms. The van der Waals surface area contributed by atoms with Crippen LogP contribution in [0.3, 0.4) is 0 Å². The Morgan fingerprint density at radius 2 is 2.08 bits per heavy atom. The van der Waals surface area contributed by atoms with Gasteiger partial charge in [-0.2, -0.15) is 0 Å². The molecule has 2 heterocycles. The summed E-state index contributed by atoms with van der Waals surface area (Å²) < 4.78 is 6.81. The Kier molecular flexibility index (Phi) is 4.43. The Morgan fingerprint density at radius 1 is 1.33 bits per heavy atom. The second kappa shape index (κ2) is 6.37. The number of hydrogen-bond donors (Lipinski definition) is 2. The standard InChI is InChI=1S/C18H21N3O2S/c1-11(2)18(3,10-19)21-16(22)13-8-9-14(23-13)17-20-12-6-4-5-7-15(12)24-17/h4-9,11H,10,19H2,1-3H3,(H,21,22). The van der Waals surface area contributed by atoms with Crippen LogP contribution in [0.2, 0.25) is 0 Å². The van der Waals surface area contributed by atoms with E-state index in [1.165, 1.54) is 0 Å². The number of para-hydroxylation sites is 1. The average molecular weight is 343 g/mol.